The van der Waals surface area contributed by atoms with Gasteiger partial charge in [0.15, 0.2) is 5.82 Å². The van der Waals surface area contributed by atoms with E-state index in [0.29, 0.717) is 5.52 Å². The number of fused-ring (bicyclic) bond motifs is 2. The summed E-state index contributed by atoms with van der Waals surface area (Å²) in [4.78, 5) is 4.52. The second kappa shape index (κ2) is 4.97. The molecular weight excluding hydrogens is 263 g/mol. The van der Waals surface area contributed by atoms with Crippen LogP contribution in [-0.4, -0.2) is 11.5 Å². The standard InChI is InChI=1S/C15H16ClFN2/c1-2-18-14-9-5-3-4-6-12(9)19-15-10(14)7-8-11(16)13(15)17/h7-8H,2-6H2,1H3,(H,18,19). The van der Waals surface area contributed by atoms with Crippen LogP contribution < -0.4 is 5.32 Å². The van der Waals surface area contributed by atoms with Gasteiger partial charge in [-0.05, 0) is 50.3 Å². The normalized spacial score (nSPS) is 14.5. The van der Waals surface area contributed by atoms with E-state index in [1.54, 1.807) is 6.07 Å². The Morgan fingerprint density at radius 2 is 2.11 bits per heavy atom. The third-order valence-electron chi connectivity index (χ3n) is 3.68. The van der Waals surface area contributed by atoms with Gasteiger partial charge in [-0.25, -0.2) is 9.37 Å². The number of hydrogen-bond acceptors (Lipinski definition) is 2. The van der Waals surface area contributed by atoms with Crippen LogP contribution in [0.5, 0.6) is 0 Å². The Morgan fingerprint density at radius 3 is 2.89 bits per heavy atom. The van der Waals surface area contributed by atoms with E-state index < -0.39 is 5.82 Å². The molecule has 1 heterocycles. The molecule has 0 spiro atoms. The minimum atomic E-state index is -0.410. The van der Waals surface area contributed by atoms with Gasteiger partial charge in [0, 0.05) is 23.3 Å². The maximum atomic E-state index is 14.2. The smallest absolute Gasteiger partial charge is 0.168 e. The molecule has 1 aliphatic rings. The van der Waals surface area contributed by atoms with Crippen LogP contribution in [-0.2, 0) is 12.8 Å². The fourth-order valence-corrected chi connectivity index (χ4v) is 2.96. The van der Waals surface area contributed by atoms with Crippen LogP contribution in [0.1, 0.15) is 31.0 Å². The van der Waals surface area contributed by atoms with Crippen molar-refractivity contribution in [2.75, 3.05) is 11.9 Å². The first-order chi connectivity index (χ1) is 9.22. The molecule has 3 rings (SSSR count). The van der Waals surface area contributed by atoms with Crippen LogP contribution in [0.3, 0.4) is 0 Å². The summed E-state index contributed by atoms with van der Waals surface area (Å²) in [5.41, 5.74) is 3.71. The van der Waals surface area contributed by atoms with E-state index in [0.717, 1.165) is 42.6 Å². The first-order valence-electron chi connectivity index (χ1n) is 6.75. The summed E-state index contributed by atoms with van der Waals surface area (Å²) in [7, 11) is 0. The Hall–Kier alpha value is -1.35. The number of rotatable bonds is 2. The summed E-state index contributed by atoms with van der Waals surface area (Å²) in [6, 6.07) is 3.47. The molecule has 19 heavy (non-hydrogen) atoms. The van der Waals surface area contributed by atoms with Crippen LogP contribution in [0.2, 0.25) is 5.02 Å². The number of aromatic nitrogens is 1. The molecule has 0 atom stereocenters. The molecule has 0 unspecified atom stereocenters. The van der Waals surface area contributed by atoms with Crippen molar-refractivity contribution >= 4 is 28.2 Å². The SMILES string of the molecule is CCNc1c2c(nc3c(F)c(Cl)ccc13)CCCC2. The van der Waals surface area contributed by atoms with Crippen molar-refractivity contribution in [1.29, 1.82) is 0 Å². The Bertz CT molecular complexity index is 640. The summed E-state index contributed by atoms with van der Waals surface area (Å²) in [6.07, 6.45) is 4.24. The van der Waals surface area contributed by atoms with E-state index in [9.17, 15) is 4.39 Å². The molecule has 1 N–H and O–H groups in total. The molecule has 0 radical (unpaired) electrons. The van der Waals surface area contributed by atoms with Gasteiger partial charge in [0.25, 0.3) is 0 Å². The van der Waals surface area contributed by atoms with Gasteiger partial charge in [-0.1, -0.05) is 11.6 Å². The molecule has 1 aromatic carbocycles. The summed E-state index contributed by atoms with van der Waals surface area (Å²) < 4.78 is 14.2. The average molecular weight is 279 g/mol. The van der Waals surface area contributed by atoms with Crippen molar-refractivity contribution in [1.82, 2.24) is 4.98 Å². The van der Waals surface area contributed by atoms with Crippen LogP contribution in [0.15, 0.2) is 12.1 Å². The second-order valence-electron chi connectivity index (χ2n) is 4.91. The van der Waals surface area contributed by atoms with Crippen LogP contribution in [0, 0.1) is 5.82 Å². The maximum Gasteiger partial charge on any atom is 0.168 e. The highest BCUT2D eigenvalue weighted by Crippen LogP contribution is 2.35. The highest BCUT2D eigenvalue weighted by molar-refractivity contribution is 6.31. The zero-order chi connectivity index (χ0) is 13.4. The van der Waals surface area contributed by atoms with Crippen LogP contribution in [0.4, 0.5) is 10.1 Å². The molecule has 0 bridgehead atoms. The quantitative estimate of drug-likeness (QED) is 0.884. The van der Waals surface area contributed by atoms with Gasteiger partial charge < -0.3 is 5.32 Å². The topological polar surface area (TPSA) is 24.9 Å². The third-order valence-corrected chi connectivity index (χ3v) is 3.97. The molecule has 0 fully saturated rings. The molecule has 4 heteroatoms. The van der Waals surface area contributed by atoms with Gasteiger partial charge >= 0.3 is 0 Å². The maximum absolute atomic E-state index is 14.2. The van der Waals surface area contributed by atoms with Crippen LogP contribution in [0.25, 0.3) is 10.9 Å². The summed E-state index contributed by atoms with van der Waals surface area (Å²) in [5, 5.41) is 4.35. The van der Waals surface area contributed by atoms with Crippen molar-refractivity contribution in [2.24, 2.45) is 0 Å². The lowest BCUT2D eigenvalue weighted by Gasteiger charge is -2.21. The van der Waals surface area contributed by atoms with Gasteiger partial charge in [-0.2, -0.15) is 0 Å². The molecule has 100 valence electrons. The predicted octanol–water partition coefficient (Wildman–Crippen LogP) is 4.34. The number of hydrogen-bond donors (Lipinski definition) is 1. The number of anilines is 1. The molecule has 1 aliphatic carbocycles. The Kier molecular flexibility index (Phi) is 3.31. The lowest BCUT2D eigenvalue weighted by Crippen LogP contribution is -2.11. The first kappa shape index (κ1) is 12.7. The van der Waals surface area contributed by atoms with Gasteiger partial charge in [0.05, 0.1) is 5.02 Å². The largest absolute Gasteiger partial charge is 0.384 e. The number of benzene rings is 1. The minimum Gasteiger partial charge on any atom is -0.384 e. The number of nitrogens with one attached hydrogen (secondary N) is 1. The molecule has 0 saturated carbocycles. The third kappa shape index (κ3) is 2.06. The number of halogens is 2. The second-order valence-corrected chi connectivity index (χ2v) is 5.31. The fourth-order valence-electron chi connectivity index (χ4n) is 2.81. The summed E-state index contributed by atoms with van der Waals surface area (Å²) in [6.45, 7) is 2.86. The van der Waals surface area contributed by atoms with E-state index in [1.807, 2.05) is 13.0 Å². The average Bonchev–Trinajstić information content (AvgIpc) is 2.43. The van der Waals surface area contributed by atoms with Gasteiger partial charge in [0.1, 0.15) is 5.52 Å². The molecule has 0 saturated heterocycles. The molecule has 2 aromatic rings. The zero-order valence-electron chi connectivity index (χ0n) is 10.9. The number of aryl methyl sites for hydroxylation is 1. The van der Waals surface area contributed by atoms with Crippen molar-refractivity contribution in [3.63, 3.8) is 0 Å². The monoisotopic (exact) mass is 278 g/mol. The highest BCUT2D eigenvalue weighted by atomic mass is 35.5. The van der Waals surface area contributed by atoms with Crippen LogP contribution >= 0.6 is 11.6 Å². The highest BCUT2D eigenvalue weighted by Gasteiger charge is 2.20. The van der Waals surface area contributed by atoms with E-state index in [2.05, 4.69) is 10.3 Å². The zero-order valence-corrected chi connectivity index (χ0v) is 11.6. The number of nitrogens with zero attached hydrogens (tertiary/aromatic N) is 1. The fraction of sp³-hybridized carbons (Fsp3) is 0.400. The van der Waals surface area contributed by atoms with E-state index >= 15 is 0 Å². The lowest BCUT2D eigenvalue weighted by atomic mass is 9.92. The van der Waals surface area contributed by atoms with Crippen molar-refractivity contribution in [2.45, 2.75) is 32.6 Å². The molecule has 2 nitrogen and oxygen atoms in total. The molecular formula is C15H16ClFN2. The van der Waals surface area contributed by atoms with Gasteiger partial charge in [0.2, 0.25) is 0 Å². The molecule has 0 amide bonds. The Labute approximate surface area is 117 Å². The summed E-state index contributed by atoms with van der Waals surface area (Å²) >= 11 is 5.86. The lowest BCUT2D eigenvalue weighted by molar-refractivity contribution is 0.632. The van der Waals surface area contributed by atoms with E-state index in [1.165, 1.54) is 12.0 Å². The number of pyridine rings is 1. The Balaban J connectivity index is 2.35. The van der Waals surface area contributed by atoms with Crippen molar-refractivity contribution in [3.8, 4) is 0 Å². The van der Waals surface area contributed by atoms with Gasteiger partial charge in [-0.3, -0.25) is 0 Å². The molecule has 1 aromatic heterocycles. The minimum absolute atomic E-state index is 0.137. The van der Waals surface area contributed by atoms with Crippen molar-refractivity contribution < 1.29 is 4.39 Å². The summed E-state index contributed by atoms with van der Waals surface area (Å²) in [5.74, 6) is -0.410. The predicted molar refractivity (Wildman–Crippen MR) is 77.5 cm³/mol. The molecule has 0 aliphatic heterocycles. The van der Waals surface area contributed by atoms with E-state index in [-0.39, 0.29) is 5.02 Å². The van der Waals surface area contributed by atoms with Crippen molar-refractivity contribution in [3.05, 3.63) is 34.2 Å². The van der Waals surface area contributed by atoms with Gasteiger partial charge in [-0.15, -0.1) is 0 Å². The Morgan fingerprint density at radius 1 is 1.32 bits per heavy atom. The first-order valence-corrected chi connectivity index (χ1v) is 7.13. The van der Waals surface area contributed by atoms with E-state index in [4.69, 9.17) is 11.6 Å².